The first-order chi connectivity index (χ1) is 13.2. The van der Waals surface area contributed by atoms with E-state index in [1.54, 1.807) is 18.3 Å². The number of pyridine rings is 1. The van der Waals surface area contributed by atoms with Crippen molar-refractivity contribution < 1.29 is 9.18 Å². The minimum absolute atomic E-state index is 0.0313. The third-order valence-corrected chi connectivity index (χ3v) is 5.73. The zero-order chi connectivity index (χ0) is 18.4. The van der Waals surface area contributed by atoms with Gasteiger partial charge in [-0.3, -0.25) is 4.79 Å². The second kappa shape index (κ2) is 6.34. The molecule has 0 saturated heterocycles. The Balaban J connectivity index is 1.29. The van der Waals surface area contributed by atoms with Gasteiger partial charge in [-0.25, -0.2) is 9.37 Å². The molecule has 136 valence electrons. The van der Waals surface area contributed by atoms with Crippen molar-refractivity contribution in [2.24, 2.45) is 5.92 Å². The fourth-order valence-electron chi connectivity index (χ4n) is 4.16. The lowest BCUT2D eigenvalue weighted by molar-refractivity contribution is -0.132. The zero-order valence-electron chi connectivity index (χ0n) is 14.9. The summed E-state index contributed by atoms with van der Waals surface area (Å²) in [6, 6.07) is 10.8. The van der Waals surface area contributed by atoms with Crippen molar-refractivity contribution in [1.82, 2.24) is 14.9 Å². The molecule has 0 spiro atoms. The number of benzene rings is 1. The highest BCUT2D eigenvalue weighted by Gasteiger charge is 2.46. The number of H-pyrrole nitrogens is 1. The molecule has 2 aliphatic rings. The molecular weight excluding hydrogens is 341 g/mol. The number of aromatic amines is 1. The molecule has 1 amide bonds. The molecule has 1 aliphatic heterocycles. The molecule has 2 aromatic heterocycles. The van der Waals surface area contributed by atoms with E-state index >= 15 is 0 Å². The Morgan fingerprint density at radius 2 is 2.11 bits per heavy atom. The predicted molar refractivity (Wildman–Crippen MR) is 103 cm³/mol. The van der Waals surface area contributed by atoms with Gasteiger partial charge >= 0.3 is 0 Å². The largest absolute Gasteiger partial charge is 0.346 e. The molecule has 3 aromatic rings. The Kier molecular flexibility index (Phi) is 3.81. The van der Waals surface area contributed by atoms with Gasteiger partial charge in [0.1, 0.15) is 11.5 Å². The molecule has 1 aromatic carbocycles. The molecule has 1 fully saturated rings. The topological polar surface area (TPSA) is 49.0 Å². The molecule has 1 saturated carbocycles. The maximum absolute atomic E-state index is 14.0. The Morgan fingerprint density at radius 1 is 1.22 bits per heavy atom. The van der Waals surface area contributed by atoms with Crippen molar-refractivity contribution in [2.45, 2.75) is 18.8 Å². The van der Waals surface area contributed by atoms with E-state index < -0.39 is 0 Å². The molecule has 4 nitrogen and oxygen atoms in total. The van der Waals surface area contributed by atoms with Gasteiger partial charge in [-0.1, -0.05) is 24.3 Å². The van der Waals surface area contributed by atoms with Crippen molar-refractivity contribution in [3.63, 3.8) is 0 Å². The summed E-state index contributed by atoms with van der Waals surface area (Å²) in [5.41, 5.74) is 3.98. The minimum Gasteiger partial charge on any atom is -0.346 e. The van der Waals surface area contributed by atoms with Crippen LogP contribution in [0, 0.1) is 11.7 Å². The number of hydrogen-bond donors (Lipinski definition) is 1. The second-order valence-electron chi connectivity index (χ2n) is 7.34. The molecule has 0 radical (unpaired) electrons. The minimum atomic E-state index is -0.202. The van der Waals surface area contributed by atoms with Crippen molar-refractivity contribution in [2.75, 3.05) is 13.1 Å². The molecule has 0 unspecified atom stereocenters. The highest BCUT2D eigenvalue weighted by Crippen LogP contribution is 2.49. The van der Waals surface area contributed by atoms with Crippen LogP contribution in [0.15, 0.2) is 54.9 Å². The van der Waals surface area contributed by atoms with Crippen molar-refractivity contribution >= 4 is 22.5 Å². The summed E-state index contributed by atoms with van der Waals surface area (Å²) in [4.78, 5) is 22.3. The predicted octanol–water partition coefficient (Wildman–Crippen LogP) is 4.12. The summed E-state index contributed by atoms with van der Waals surface area (Å²) in [5, 5.41) is 1.12. The molecule has 0 bridgehead atoms. The number of nitrogens with zero attached hydrogens (tertiary/aromatic N) is 2. The Bertz CT molecular complexity index is 1050. The molecule has 5 heteroatoms. The van der Waals surface area contributed by atoms with Crippen LogP contribution in [-0.4, -0.2) is 33.9 Å². The number of hydrogen-bond acceptors (Lipinski definition) is 2. The van der Waals surface area contributed by atoms with Crippen LogP contribution in [0.5, 0.6) is 0 Å². The lowest BCUT2D eigenvalue weighted by Gasteiger charge is -2.27. The van der Waals surface area contributed by atoms with Crippen LogP contribution in [0.2, 0.25) is 0 Å². The van der Waals surface area contributed by atoms with Gasteiger partial charge in [0.2, 0.25) is 5.91 Å². The van der Waals surface area contributed by atoms with Crippen LogP contribution in [0.4, 0.5) is 4.39 Å². The molecule has 3 heterocycles. The average molecular weight is 361 g/mol. The number of carbonyl (C=O) groups is 1. The van der Waals surface area contributed by atoms with Crippen LogP contribution in [0.1, 0.15) is 29.9 Å². The van der Waals surface area contributed by atoms with E-state index in [2.05, 4.69) is 22.1 Å². The molecular formula is C22H20FN3O. The summed E-state index contributed by atoms with van der Waals surface area (Å²) < 4.78 is 14.0. The van der Waals surface area contributed by atoms with Crippen molar-refractivity contribution in [3.05, 3.63) is 71.8 Å². The lowest BCUT2D eigenvalue weighted by Crippen LogP contribution is -2.36. The van der Waals surface area contributed by atoms with Gasteiger partial charge in [0.15, 0.2) is 0 Å². The number of carbonyl (C=O) groups excluding carboxylic acids is 1. The highest BCUT2D eigenvalue weighted by atomic mass is 19.1. The number of rotatable bonds is 3. The number of amides is 1. The van der Waals surface area contributed by atoms with E-state index in [0.29, 0.717) is 18.7 Å². The van der Waals surface area contributed by atoms with Gasteiger partial charge in [0.05, 0.1) is 0 Å². The van der Waals surface area contributed by atoms with Gasteiger partial charge in [-0.2, -0.15) is 0 Å². The van der Waals surface area contributed by atoms with Gasteiger partial charge in [0, 0.05) is 42.4 Å². The molecule has 2 atom stereocenters. The molecule has 27 heavy (non-hydrogen) atoms. The maximum atomic E-state index is 14.0. The van der Waals surface area contributed by atoms with E-state index in [0.717, 1.165) is 23.9 Å². The van der Waals surface area contributed by atoms with Crippen LogP contribution in [0.3, 0.4) is 0 Å². The Morgan fingerprint density at radius 3 is 2.93 bits per heavy atom. The van der Waals surface area contributed by atoms with Crippen LogP contribution < -0.4 is 0 Å². The first-order valence-electron chi connectivity index (χ1n) is 9.37. The molecule has 1 N–H and O–H groups in total. The van der Waals surface area contributed by atoms with Gasteiger partial charge in [-0.05, 0) is 48.1 Å². The van der Waals surface area contributed by atoms with Gasteiger partial charge in [-0.15, -0.1) is 0 Å². The second-order valence-corrected chi connectivity index (χ2v) is 7.34. The summed E-state index contributed by atoms with van der Waals surface area (Å²) in [6.45, 7) is 1.32. The van der Waals surface area contributed by atoms with E-state index in [9.17, 15) is 9.18 Å². The quantitative estimate of drug-likeness (QED) is 0.763. The molecule has 5 rings (SSSR count). The Labute approximate surface area is 156 Å². The van der Waals surface area contributed by atoms with Gasteiger partial charge in [0.25, 0.3) is 0 Å². The average Bonchev–Trinajstić information content (AvgIpc) is 3.38. The molecule has 1 aliphatic carbocycles. The fraction of sp³-hybridized carbons (Fsp3) is 0.273. The third kappa shape index (κ3) is 2.83. The van der Waals surface area contributed by atoms with E-state index in [4.69, 9.17) is 0 Å². The smallest absolute Gasteiger partial charge is 0.226 e. The summed E-state index contributed by atoms with van der Waals surface area (Å²) in [5.74, 6) is -0.0939. The van der Waals surface area contributed by atoms with Crippen molar-refractivity contribution in [1.29, 1.82) is 0 Å². The van der Waals surface area contributed by atoms with Crippen LogP contribution in [0.25, 0.3) is 16.6 Å². The maximum Gasteiger partial charge on any atom is 0.226 e. The SMILES string of the molecule is O=C([C@@H]1C[C@H]1c1ccccc1F)N1CC=C(c2c[nH]c3ncccc23)CC1. The van der Waals surface area contributed by atoms with E-state index in [1.807, 2.05) is 23.2 Å². The van der Waals surface area contributed by atoms with E-state index in [-0.39, 0.29) is 23.6 Å². The normalized spacial score (nSPS) is 22.0. The van der Waals surface area contributed by atoms with E-state index in [1.165, 1.54) is 17.2 Å². The third-order valence-electron chi connectivity index (χ3n) is 5.73. The first-order valence-corrected chi connectivity index (χ1v) is 9.37. The van der Waals surface area contributed by atoms with Crippen LogP contribution >= 0.6 is 0 Å². The lowest BCUT2D eigenvalue weighted by atomic mass is 9.99. The van der Waals surface area contributed by atoms with Crippen LogP contribution in [-0.2, 0) is 4.79 Å². The number of halogens is 1. The van der Waals surface area contributed by atoms with Gasteiger partial charge < -0.3 is 9.88 Å². The number of aromatic nitrogens is 2. The summed E-state index contributed by atoms with van der Waals surface area (Å²) in [6.07, 6.45) is 7.49. The summed E-state index contributed by atoms with van der Waals surface area (Å²) in [7, 11) is 0. The summed E-state index contributed by atoms with van der Waals surface area (Å²) >= 11 is 0. The monoisotopic (exact) mass is 361 g/mol. The Hall–Kier alpha value is -2.95. The highest BCUT2D eigenvalue weighted by molar-refractivity contribution is 5.91. The number of fused-ring (bicyclic) bond motifs is 1. The number of nitrogens with one attached hydrogen (secondary N) is 1. The zero-order valence-corrected chi connectivity index (χ0v) is 14.9. The fourth-order valence-corrected chi connectivity index (χ4v) is 4.16. The first kappa shape index (κ1) is 16.2. The standard InChI is InChI=1S/C22H20FN3O/c23-20-6-2-1-4-15(20)17-12-18(17)22(27)26-10-7-14(8-11-26)19-13-25-21-16(19)5-3-9-24-21/h1-7,9,13,17-18H,8,10-12H2,(H,24,25)/t17-,18+/m0/s1. The van der Waals surface area contributed by atoms with Crippen molar-refractivity contribution in [3.8, 4) is 0 Å².